The van der Waals surface area contributed by atoms with Gasteiger partial charge in [0, 0.05) is 17.3 Å². The van der Waals surface area contributed by atoms with Crippen molar-refractivity contribution in [2.45, 2.75) is 17.1 Å². The van der Waals surface area contributed by atoms with Crippen molar-refractivity contribution < 1.29 is 17.9 Å². The number of hydrogen-bond donors (Lipinski definition) is 1. The maximum atomic E-state index is 13.4. The molecule has 6 nitrogen and oxygen atoms in total. The summed E-state index contributed by atoms with van der Waals surface area (Å²) in [6.07, 6.45) is 0.787. The monoisotopic (exact) mass is 518 g/mol. The topological polar surface area (TPSA) is 75.7 Å². The molecule has 0 saturated carbocycles. The Labute approximate surface area is 210 Å². The van der Waals surface area contributed by atoms with Crippen molar-refractivity contribution in [1.29, 1.82) is 0 Å². The van der Waals surface area contributed by atoms with E-state index in [4.69, 9.17) is 16.3 Å². The Balaban J connectivity index is 1.61. The second-order valence-electron chi connectivity index (χ2n) is 7.41. The molecule has 1 amide bonds. The minimum absolute atomic E-state index is 0.0633. The molecule has 0 saturated heterocycles. The van der Waals surface area contributed by atoms with E-state index >= 15 is 0 Å². The summed E-state index contributed by atoms with van der Waals surface area (Å²) >= 11 is 7.77. The maximum absolute atomic E-state index is 13.4. The lowest BCUT2D eigenvalue weighted by Crippen LogP contribution is -2.41. The van der Waals surface area contributed by atoms with E-state index in [0.29, 0.717) is 23.0 Å². The average molecular weight is 519 g/mol. The molecule has 0 aliphatic rings. The molecule has 180 valence electrons. The number of methoxy groups -OCH3 is 1. The van der Waals surface area contributed by atoms with Gasteiger partial charge in [-0.05, 0) is 66.3 Å². The zero-order valence-corrected chi connectivity index (χ0v) is 21.2. The number of anilines is 1. The van der Waals surface area contributed by atoms with Gasteiger partial charge < -0.3 is 10.1 Å². The third kappa shape index (κ3) is 7.41. The van der Waals surface area contributed by atoms with Crippen LogP contribution in [-0.4, -0.2) is 40.3 Å². The van der Waals surface area contributed by atoms with Crippen molar-refractivity contribution in [2.75, 3.05) is 30.3 Å². The molecule has 0 fully saturated rings. The minimum Gasteiger partial charge on any atom is -0.497 e. The lowest BCUT2D eigenvalue weighted by Gasteiger charge is -2.24. The number of halogens is 1. The van der Waals surface area contributed by atoms with Crippen molar-refractivity contribution in [1.82, 2.24) is 5.32 Å². The van der Waals surface area contributed by atoms with Crippen LogP contribution in [0, 0.1) is 0 Å². The van der Waals surface area contributed by atoms with Crippen molar-refractivity contribution in [2.24, 2.45) is 0 Å². The van der Waals surface area contributed by atoms with Gasteiger partial charge in [-0.2, -0.15) is 11.8 Å². The SMILES string of the molecule is COc1ccc(S(=O)(=O)N(CC(=O)NCCCSCc2ccccc2)c2ccc(Cl)cc2)cc1. The average Bonchev–Trinajstić information content (AvgIpc) is 2.86. The highest BCUT2D eigenvalue weighted by molar-refractivity contribution is 7.98. The molecule has 3 aromatic rings. The summed E-state index contributed by atoms with van der Waals surface area (Å²) in [7, 11) is -2.48. The lowest BCUT2D eigenvalue weighted by atomic mass is 10.2. The Hall–Kier alpha value is -2.68. The lowest BCUT2D eigenvalue weighted by molar-refractivity contribution is -0.119. The number of ether oxygens (including phenoxy) is 1. The Morgan fingerprint density at radius 2 is 1.68 bits per heavy atom. The maximum Gasteiger partial charge on any atom is 0.264 e. The van der Waals surface area contributed by atoms with Crippen molar-refractivity contribution in [3.8, 4) is 5.75 Å². The van der Waals surface area contributed by atoms with E-state index in [1.165, 1.54) is 24.8 Å². The van der Waals surface area contributed by atoms with Gasteiger partial charge in [-0.3, -0.25) is 9.10 Å². The first-order valence-electron chi connectivity index (χ1n) is 10.7. The predicted octanol–water partition coefficient (Wildman–Crippen LogP) is 4.98. The molecule has 0 atom stereocenters. The van der Waals surface area contributed by atoms with Crippen LogP contribution in [-0.2, 0) is 20.6 Å². The first-order valence-corrected chi connectivity index (χ1v) is 13.7. The first kappa shape index (κ1) is 25.9. The largest absolute Gasteiger partial charge is 0.497 e. The predicted molar refractivity (Wildman–Crippen MR) is 139 cm³/mol. The van der Waals surface area contributed by atoms with Gasteiger partial charge in [0.1, 0.15) is 12.3 Å². The molecule has 0 unspecified atom stereocenters. The van der Waals surface area contributed by atoms with Gasteiger partial charge in [0.25, 0.3) is 10.0 Å². The zero-order chi connectivity index (χ0) is 24.4. The van der Waals surface area contributed by atoms with Gasteiger partial charge in [-0.1, -0.05) is 41.9 Å². The highest BCUT2D eigenvalue weighted by atomic mass is 35.5. The van der Waals surface area contributed by atoms with Crippen molar-refractivity contribution in [3.05, 3.63) is 89.4 Å². The summed E-state index contributed by atoms with van der Waals surface area (Å²) in [4.78, 5) is 12.7. The van der Waals surface area contributed by atoms with E-state index in [1.54, 1.807) is 48.2 Å². The Kier molecular flexibility index (Phi) is 9.68. The molecule has 1 N–H and O–H groups in total. The third-order valence-electron chi connectivity index (χ3n) is 4.95. The molecule has 0 spiro atoms. The number of benzene rings is 3. The molecule has 3 rings (SSSR count). The summed E-state index contributed by atoms with van der Waals surface area (Å²) < 4.78 is 32.9. The summed E-state index contributed by atoms with van der Waals surface area (Å²) in [5, 5.41) is 3.31. The standard InChI is InChI=1S/C25H27ClN2O4S2/c1-32-23-12-14-24(15-13-23)34(30,31)28(22-10-8-21(26)9-11-22)18-25(29)27-16-5-17-33-19-20-6-3-2-4-7-20/h2-4,6-15H,5,16-19H2,1H3,(H,27,29). The fourth-order valence-electron chi connectivity index (χ4n) is 3.15. The zero-order valence-electron chi connectivity index (χ0n) is 18.8. The third-order valence-corrected chi connectivity index (χ3v) is 8.10. The van der Waals surface area contributed by atoms with Crippen molar-refractivity contribution >= 4 is 45.0 Å². The Morgan fingerprint density at radius 1 is 1.00 bits per heavy atom. The van der Waals surface area contributed by atoms with Gasteiger partial charge in [0.05, 0.1) is 17.7 Å². The van der Waals surface area contributed by atoms with Crippen LogP contribution >= 0.6 is 23.4 Å². The number of amides is 1. The second kappa shape index (κ2) is 12.7. The van der Waals surface area contributed by atoms with Crippen LogP contribution in [0.2, 0.25) is 5.02 Å². The van der Waals surface area contributed by atoms with Crippen LogP contribution in [0.25, 0.3) is 0 Å². The molecule has 0 aliphatic carbocycles. The number of nitrogens with zero attached hydrogens (tertiary/aromatic N) is 1. The Morgan fingerprint density at radius 3 is 2.32 bits per heavy atom. The number of carbonyl (C=O) groups excluding carboxylic acids is 1. The first-order chi connectivity index (χ1) is 16.4. The number of rotatable bonds is 12. The number of sulfonamides is 1. The molecule has 0 radical (unpaired) electrons. The van der Waals surface area contributed by atoms with E-state index in [-0.39, 0.29) is 17.3 Å². The summed E-state index contributed by atoms with van der Waals surface area (Å²) in [5.74, 6) is 1.97. The van der Waals surface area contributed by atoms with Crippen LogP contribution in [0.1, 0.15) is 12.0 Å². The van der Waals surface area contributed by atoms with Gasteiger partial charge in [0.2, 0.25) is 5.91 Å². The highest BCUT2D eigenvalue weighted by Crippen LogP contribution is 2.26. The summed E-state index contributed by atoms with van der Waals surface area (Å²) in [6, 6.07) is 22.6. The molecule has 0 aliphatic heterocycles. The molecule has 9 heteroatoms. The summed E-state index contributed by atoms with van der Waals surface area (Å²) in [5.41, 5.74) is 1.62. The molecular formula is C25H27ClN2O4S2. The molecule has 0 bridgehead atoms. The fourth-order valence-corrected chi connectivity index (χ4v) is 5.62. The van der Waals surface area contributed by atoms with Crippen molar-refractivity contribution in [3.63, 3.8) is 0 Å². The van der Waals surface area contributed by atoms with Gasteiger partial charge in [0.15, 0.2) is 0 Å². The smallest absolute Gasteiger partial charge is 0.264 e. The van der Waals surface area contributed by atoms with E-state index in [9.17, 15) is 13.2 Å². The fraction of sp³-hybridized carbons (Fsp3) is 0.240. The second-order valence-corrected chi connectivity index (χ2v) is 10.8. The van der Waals surface area contributed by atoms with E-state index in [0.717, 1.165) is 22.2 Å². The number of hydrogen-bond acceptors (Lipinski definition) is 5. The minimum atomic E-state index is -3.99. The van der Waals surface area contributed by atoms with Crippen LogP contribution in [0.3, 0.4) is 0 Å². The number of thioether (sulfide) groups is 1. The van der Waals surface area contributed by atoms with Gasteiger partial charge in [-0.25, -0.2) is 8.42 Å². The van der Waals surface area contributed by atoms with Gasteiger partial charge in [-0.15, -0.1) is 0 Å². The Bertz CT molecular complexity index is 1160. The van der Waals surface area contributed by atoms with Crippen LogP contribution in [0.4, 0.5) is 5.69 Å². The molecular weight excluding hydrogens is 492 g/mol. The molecule has 3 aromatic carbocycles. The molecule has 34 heavy (non-hydrogen) atoms. The van der Waals surface area contributed by atoms with E-state index in [1.807, 2.05) is 18.2 Å². The number of nitrogens with one attached hydrogen (secondary N) is 1. The normalized spacial score (nSPS) is 11.1. The van der Waals surface area contributed by atoms with Crippen LogP contribution < -0.4 is 14.4 Å². The number of carbonyl (C=O) groups is 1. The van der Waals surface area contributed by atoms with E-state index < -0.39 is 10.0 Å². The summed E-state index contributed by atoms with van der Waals surface area (Å²) in [6.45, 7) is 0.130. The van der Waals surface area contributed by atoms with Gasteiger partial charge >= 0.3 is 0 Å². The quantitative estimate of drug-likeness (QED) is 0.342. The molecule has 0 aromatic heterocycles. The molecule has 0 heterocycles. The van der Waals surface area contributed by atoms with Crippen LogP contribution in [0.5, 0.6) is 5.75 Å². The van der Waals surface area contributed by atoms with E-state index in [2.05, 4.69) is 17.4 Å². The highest BCUT2D eigenvalue weighted by Gasteiger charge is 2.27. The van der Waals surface area contributed by atoms with Crippen LogP contribution in [0.15, 0.2) is 83.8 Å².